The first-order chi connectivity index (χ1) is 10.4. The van der Waals surface area contributed by atoms with Crippen LogP contribution in [0.2, 0.25) is 0 Å². The lowest BCUT2D eigenvalue weighted by molar-refractivity contribution is 1.10. The van der Waals surface area contributed by atoms with E-state index < -0.39 is 0 Å². The molecule has 1 aromatic heterocycles. The van der Waals surface area contributed by atoms with Gasteiger partial charge in [0.15, 0.2) is 0 Å². The van der Waals surface area contributed by atoms with Gasteiger partial charge in [-0.1, -0.05) is 60.7 Å². The van der Waals surface area contributed by atoms with Crippen molar-refractivity contribution < 1.29 is 0 Å². The molecule has 0 saturated heterocycles. The number of allylic oxidation sites excluding steroid dienone is 1. The summed E-state index contributed by atoms with van der Waals surface area (Å²) in [6, 6.07) is 21.9. The molecule has 0 saturated carbocycles. The molecule has 2 aromatic carbocycles. The zero-order chi connectivity index (χ0) is 14.5. The molecular weight excluding hydrogens is 258 g/mol. The molecule has 0 aliphatic rings. The highest BCUT2D eigenvalue weighted by atomic mass is 15.1. The molecule has 3 nitrogen and oxygen atoms in total. The third-order valence-corrected chi connectivity index (χ3v) is 3.24. The molecule has 1 N–H and O–H groups in total. The summed E-state index contributed by atoms with van der Waals surface area (Å²) < 4.78 is 0. The van der Waals surface area contributed by atoms with Crippen molar-refractivity contribution in [2.24, 2.45) is 0 Å². The van der Waals surface area contributed by atoms with Gasteiger partial charge in [0.05, 0.1) is 23.5 Å². The summed E-state index contributed by atoms with van der Waals surface area (Å²) in [5.41, 5.74) is 4.39. The van der Waals surface area contributed by atoms with E-state index in [9.17, 15) is 5.26 Å². The van der Waals surface area contributed by atoms with Gasteiger partial charge in [0, 0.05) is 11.1 Å². The van der Waals surface area contributed by atoms with Crippen LogP contribution in [0.25, 0.3) is 22.9 Å². The van der Waals surface area contributed by atoms with E-state index in [1.54, 1.807) is 6.20 Å². The van der Waals surface area contributed by atoms with Gasteiger partial charge in [-0.15, -0.1) is 0 Å². The van der Waals surface area contributed by atoms with E-state index in [0.717, 1.165) is 22.4 Å². The van der Waals surface area contributed by atoms with Gasteiger partial charge in [0.1, 0.15) is 0 Å². The third-order valence-electron chi connectivity index (χ3n) is 3.24. The number of aromatic amines is 1. The first kappa shape index (κ1) is 12.9. The Bertz CT molecular complexity index is 793. The quantitative estimate of drug-likeness (QED) is 0.728. The SMILES string of the molecule is N#CC(=Cc1cn[nH]c1-c1ccccc1)c1ccccc1. The topological polar surface area (TPSA) is 52.5 Å². The van der Waals surface area contributed by atoms with Gasteiger partial charge < -0.3 is 0 Å². The van der Waals surface area contributed by atoms with Gasteiger partial charge in [0.2, 0.25) is 0 Å². The minimum absolute atomic E-state index is 0.620. The van der Waals surface area contributed by atoms with Crippen LogP contribution < -0.4 is 0 Å². The van der Waals surface area contributed by atoms with E-state index >= 15 is 0 Å². The number of hydrogen-bond donors (Lipinski definition) is 1. The summed E-state index contributed by atoms with van der Waals surface area (Å²) in [6.45, 7) is 0. The van der Waals surface area contributed by atoms with Crippen LogP contribution in [-0.2, 0) is 0 Å². The summed E-state index contributed by atoms with van der Waals surface area (Å²) in [7, 11) is 0. The van der Waals surface area contributed by atoms with Crippen LogP contribution >= 0.6 is 0 Å². The zero-order valence-corrected chi connectivity index (χ0v) is 11.3. The number of aromatic nitrogens is 2. The van der Waals surface area contributed by atoms with Crippen molar-refractivity contribution in [3.05, 3.63) is 78.0 Å². The molecule has 0 aliphatic carbocycles. The predicted octanol–water partition coefficient (Wildman–Crippen LogP) is 4.14. The van der Waals surface area contributed by atoms with Gasteiger partial charge >= 0.3 is 0 Å². The summed E-state index contributed by atoms with van der Waals surface area (Å²) in [4.78, 5) is 0. The lowest BCUT2D eigenvalue weighted by Crippen LogP contribution is -1.83. The van der Waals surface area contributed by atoms with E-state index in [0.29, 0.717) is 5.57 Å². The monoisotopic (exact) mass is 271 g/mol. The van der Waals surface area contributed by atoms with Crippen molar-refractivity contribution in [2.75, 3.05) is 0 Å². The maximum atomic E-state index is 9.39. The number of rotatable bonds is 3. The highest BCUT2D eigenvalue weighted by Crippen LogP contribution is 2.25. The normalized spacial score (nSPS) is 11.1. The number of H-pyrrole nitrogens is 1. The second-order valence-electron chi connectivity index (χ2n) is 4.60. The standard InChI is InChI=1S/C18H13N3/c19-12-16(14-7-3-1-4-8-14)11-17-13-20-21-18(17)15-9-5-2-6-10-15/h1-11,13H,(H,20,21). The Hall–Kier alpha value is -3.12. The fraction of sp³-hybridized carbons (Fsp3) is 0. The van der Waals surface area contributed by atoms with E-state index in [4.69, 9.17) is 0 Å². The number of nitrogens with zero attached hydrogens (tertiary/aromatic N) is 2. The number of hydrogen-bond acceptors (Lipinski definition) is 2. The van der Waals surface area contributed by atoms with Gasteiger partial charge in [-0.05, 0) is 11.6 Å². The minimum atomic E-state index is 0.620. The second-order valence-corrected chi connectivity index (χ2v) is 4.60. The molecule has 0 unspecified atom stereocenters. The molecule has 21 heavy (non-hydrogen) atoms. The van der Waals surface area contributed by atoms with Crippen LogP contribution in [0.3, 0.4) is 0 Å². The molecule has 1 heterocycles. The molecule has 3 aromatic rings. The van der Waals surface area contributed by atoms with E-state index in [1.165, 1.54) is 0 Å². The van der Waals surface area contributed by atoms with Crippen molar-refractivity contribution in [2.45, 2.75) is 0 Å². The molecule has 0 aliphatic heterocycles. The second kappa shape index (κ2) is 5.89. The maximum Gasteiger partial charge on any atom is 0.0998 e. The minimum Gasteiger partial charge on any atom is -0.277 e. The van der Waals surface area contributed by atoms with E-state index in [1.807, 2.05) is 66.7 Å². The summed E-state index contributed by atoms with van der Waals surface area (Å²) in [6.07, 6.45) is 3.60. The highest BCUT2D eigenvalue weighted by molar-refractivity contribution is 5.92. The van der Waals surface area contributed by atoms with Gasteiger partial charge in [-0.2, -0.15) is 10.4 Å². The fourth-order valence-corrected chi connectivity index (χ4v) is 2.19. The maximum absolute atomic E-state index is 9.39. The molecule has 0 amide bonds. The molecule has 3 rings (SSSR count). The van der Waals surface area contributed by atoms with Crippen LogP contribution in [0.1, 0.15) is 11.1 Å². The molecule has 0 atom stereocenters. The van der Waals surface area contributed by atoms with Crippen molar-refractivity contribution >= 4 is 11.6 Å². The zero-order valence-electron chi connectivity index (χ0n) is 11.3. The molecule has 0 radical (unpaired) electrons. The fourth-order valence-electron chi connectivity index (χ4n) is 2.19. The summed E-state index contributed by atoms with van der Waals surface area (Å²) in [5, 5.41) is 16.5. The molecular formula is C18H13N3. The van der Waals surface area contributed by atoms with Crippen molar-refractivity contribution in [1.29, 1.82) is 5.26 Å². The average molecular weight is 271 g/mol. The van der Waals surface area contributed by atoms with Crippen molar-refractivity contribution in [3.63, 3.8) is 0 Å². The Morgan fingerprint density at radius 3 is 2.33 bits per heavy atom. The number of benzene rings is 2. The van der Waals surface area contributed by atoms with Crippen LogP contribution in [0.15, 0.2) is 66.9 Å². The smallest absolute Gasteiger partial charge is 0.0998 e. The van der Waals surface area contributed by atoms with Crippen molar-refractivity contribution in [1.82, 2.24) is 10.2 Å². The Kier molecular flexibility index (Phi) is 3.62. The van der Waals surface area contributed by atoms with Crippen LogP contribution in [0.5, 0.6) is 0 Å². The Balaban J connectivity index is 2.05. The average Bonchev–Trinajstić information content (AvgIpc) is 3.02. The lowest BCUT2D eigenvalue weighted by Gasteiger charge is -2.01. The van der Waals surface area contributed by atoms with Crippen LogP contribution in [0.4, 0.5) is 0 Å². The molecule has 0 fully saturated rings. The number of nitrogens with one attached hydrogen (secondary N) is 1. The Morgan fingerprint density at radius 2 is 1.67 bits per heavy atom. The highest BCUT2D eigenvalue weighted by Gasteiger charge is 2.07. The molecule has 0 bridgehead atoms. The first-order valence-corrected chi connectivity index (χ1v) is 6.64. The third kappa shape index (κ3) is 2.75. The number of nitriles is 1. The van der Waals surface area contributed by atoms with Gasteiger partial charge in [0.25, 0.3) is 0 Å². The van der Waals surface area contributed by atoms with Crippen LogP contribution in [0, 0.1) is 11.3 Å². The van der Waals surface area contributed by atoms with Gasteiger partial charge in [-0.3, -0.25) is 5.10 Å². The lowest BCUT2D eigenvalue weighted by atomic mass is 10.0. The molecule has 100 valence electrons. The largest absolute Gasteiger partial charge is 0.277 e. The van der Waals surface area contributed by atoms with Gasteiger partial charge in [-0.25, -0.2) is 0 Å². The predicted molar refractivity (Wildman–Crippen MR) is 83.9 cm³/mol. The Morgan fingerprint density at radius 1 is 1.00 bits per heavy atom. The van der Waals surface area contributed by atoms with E-state index in [-0.39, 0.29) is 0 Å². The first-order valence-electron chi connectivity index (χ1n) is 6.64. The van der Waals surface area contributed by atoms with E-state index in [2.05, 4.69) is 16.3 Å². The van der Waals surface area contributed by atoms with Crippen molar-refractivity contribution in [3.8, 4) is 17.3 Å². The Labute approximate surface area is 123 Å². The molecule has 3 heteroatoms. The molecule has 0 spiro atoms. The van der Waals surface area contributed by atoms with Crippen LogP contribution in [-0.4, -0.2) is 10.2 Å². The summed E-state index contributed by atoms with van der Waals surface area (Å²) >= 11 is 0. The summed E-state index contributed by atoms with van der Waals surface area (Å²) in [5.74, 6) is 0.